The Morgan fingerprint density at radius 2 is 2.19 bits per heavy atom. The Kier molecular flexibility index (Phi) is 3.57. The summed E-state index contributed by atoms with van der Waals surface area (Å²) in [6.45, 7) is 3.53. The van der Waals surface area contributed by atoms with Crippen LogP contribution < -0.4 is 0 Å². The molecule has 2 aromatic heterocycles. The Morgan fingerprint density at radius 1 is 1.27 bits per heavy atom. The topological polar surface area (TPSA) is 59.0 Å². The summed E-state index contributed by atoms with van der Waals surface area (Å²) in [7, 11) is 0. The lowest BCUT2D eigenvalue weighted by Crippen LogP contribution is -2.48. The van der Waals surface area contributed by atoms with Crippen molar-refractivity contribution >= 4 is 27.5 Å². The molecule has 1 aromatic carbocycles. The van der Waals surface area contributed by atoms with Gasteiger partial charge in [0.15, 0.2) is 0 Å². The minimum Gasteiger partial charge on any atom is -0.338 e. The van der Waals surface area contributed by atoms with Crippen molar-refractivity contribution in [1.29, 1.82) is 0 Å². The van der Waals surface area contributed by atoms with Gasteiger partial charge in [0.05, 0.1) is 21.4 Å². The van der Waals surface area contributed by atoms with Crippen molar-refractivity contribution in [2.75, 3.05) is 13.1 Å². The standard InChI is InChI=1S/C20H20N4OS/c1-13-21-10-15-5-7-20(18(15)23-13)6-2-8-24(11-20)19(25)14-3-4-16-17(9-14)26-12-22-16/h3-4,9-10,12H,2,5-8,11H2,1H3. The van der Waals surface area contributed by atoms with Crippen molar-refractivity contribution in [2.45, 2.75) is 38.0 Å². The van der Waals surface area contributed by atoms with Gasteiger partial charge < -0.3 is 4.90 Å². The van der Waals surface area contributed by atoms with Gasteiger partial charge in [-0.05, 0) is 56.4 Å². The number of aromatic nitrogens is 3. The Hall–Kier alpha value is -2.34. The van der Waals surface area contributed by atoms with Crippen LogP contribution in [0.3, 0.4) is 0 Å². The van der Waals surface area contributed by atoms with E-state index in [-0.39, 0.29) is 11.3 Å². The Morgan fingerprint density at radius 3 is 3.12 bits per heavy atom. The van der Waals surface area contributed by atoms with Crippen LogP contribution in [0.5, 0.6) is 0 Å². The van der Waals surface area contributed by atoms with Gasteiger partial charge in [0, 0.05) is 30.3 Å². The molecule has 1 unspecified atom stereocenters. The molecule has 1 spiro atoms. The Labute approximate surface area is 156 Å². The maximum atomic E-state index is 13.2. The van der Waals surface area contributed by atoms with Crippen LogP contribution in [-0.4, -0.2) is 38.8 Å². The number of rotatable bonds is 1. The van der Waals surface area contributed by atoms with Crippen molar-refractivity contribution in [2.24, 2.45) is 0 Å². The predicted octanol–water partition coefficient (Wildman–Crippen LogP) is 3.51. The molecule has 0 radical (unpaired) electrons. The number of hydrogen-bond acceptors (Lipinski definition) is 5. The molecule has 0 N–H and O–H groups in total. The second kappa shape index (κ2) is 5.84. The highest BCUT2D eigenvalue weighted by Crippen LogP contribution is 2.44. The van der Waals surface area contributed by atoms with E-state index in [2.05, 4.69) is 9.97 Å². The summed E-state index contributed by atoms with van der Waals surface area (Å²) in [6, 6.07) is 5.83. The van der Waals surface area contributed by atoms with Crippen LogP contribution in [-0.2, 0) is 11.8 Å². The number of piperidine rings is 1. The van der Waals surface area contributed by atoms with E-state index in [0.717, 1.165) is 60.4 Å². The SMILES string of the molecule is Cc1ncc2c(n1)C1(CCCN(C(=O)c3ccc4ncsc4c3)C1)CC2. The third-order valence-electron chi connectivity index (χ3n) is 5.80. The molecule has 26 heavy (non-hydrogen) atoms. The number of amides is 1. The van der Waals surface area contributed by atoms with Crippen LogP contribution >= 0.6 is 11.3 Å². The van der Waals surface area contributed by atoms with Crippen LogP contribution in [0.1, 0.15) is 46.7 Å². The maximum absolute atomic E-state index is 13.2. The van der Waals surface area contributed by atoms with E-state index in [9.17, 15) is 4.79 Å². The smallest absolute Gasteiger partial charge is 0.253 e. The van der Waals surface area contributed by atoms with Gasteiger partial charge in [0.25, 0.3) is 5.91 Å². The second-order valence-electron chi connectivity index (χ2n) is 7.44. The van der Waals surface area contributed by atoms with E-state index in [4.69, 9.17) is 4.98 Å². The van der Waals surface area contributed by atoms with Gasteiger partial charge in [-0.1, -0.05) is 0 Å². The molecule has 0 saturated carbocycles. The van der Waals surface area contributed by atoms with Gasteiger partial charge in [-0.15, -0.1) is 11.3 Å². The molecule has 6 heteroatoms. The van der Waals surface area contributed by atoms with Crippen molar-refractivity contribution in [3.05, 3.63) is 52.6 Å². The summed E-state index contributed by atoms with van der Waals surface area (Å²) in [6.07, 6.45) is 6.19. The number of aryl methyl sites for hydroxylation is 2. The number of thiazole rings is 1. The first-order valence-electron chi connectivity index (χ1n) is 9.10. The van der Waals surface area contributed by atoms with Crippen molar-refractivity contribution < 1.29 is 4.79 Å². The van der Waals surface area contributed by atoms with Gasteiger partial charge in [-0.3, -0.25) is 4.79 Å². The molecule has 0 bridgehead atoms. The largest absolute Gasteiger partial charge is 0.338 e. The molecule has 1 amide bonds. The molecular weight excluding hydrogens is 344 g/mol. The van der Waals surface area contributed by atoms with Gasteiger partial charge in [0.1, 0.15) is 5.82 Å². The first-order valence-corrected chi connectivity index (χ1v) is 9.98. The lowest BCUT2D eigenvalue weighted by molar-refractivity contribution is 0.0633. The molecular formula is C20H20N4OS. The van der Waals surface area contributed by atoms with Crippen LogP contribution in [0, 0.1) is 6.92 Å². The molecule has 3 aromatic rings. The molecule has 5 nitrogen and oxygen atoms in total. The summed E-state index contributed by atoms with van der Waals surface area (Å²) < 4.78 is 1.07. The minimum atomic E-state index is 0.00549. The molecule has 5 rings (SSSR count). The molecule has 1 aliphatic heterocycles. The fourth-order valence-electron chi connectivity index (χ4n) is 4.50. The van der Waals surface area contributed by atoms with E-state index in [1.165, 1.54) is 11.3 Å². The van der Waals surface area contributed by atoms with E-state index in [1.807, 2.05) is 41.7 Å². The van der Waals surface area contributed by atoms with Crippen LogP contribution in [0.4, 0.5) is 0 Å². The molecule has 1 atom stereocenters. The fraction of sp³-hybridized carbons (Fsp3) is 0.400. The fourth-order valence-corrected chi connectivity index (χ4v) is 5.22. The second-order valence-corrected chi connectivity index (χ2v) is 8.32. The van der Waals surface area contributed by atoms with E-state index < -0.39 is 0 Å². The molecule has 1 fully saturated rings. The number of likely N-dealkylation sites (tertiary alicyclic amines) is 1. The highest BCUT2D eigenvalue weighted by atomic mass is 32.1. The zero-order valence-electron chi connectivity index (χ0n) is 14.7. The Bertz CT molecular complexity index is 1010. The van der Waals surface area contributed by atoms with E-state index in [1.54, 1.807) is 11.3 Å². The molecule has 2 aliphatic rings. The summed E-state index contributed by atoms with van der Waals surface area (Å²) in [4.78, 5) is 28.6. The van der Waals surface area contributed by atoms with Crippen LogP contribution in [0.25, 0.3) is 10.2 Å². The van der Waals surface area contributed by atoms with Gasteiger partial charge in [-0.25, -0.2) is 15.0 Å². The first kappa shape index (κ1) is 15.9. The Balaban J connectivity index is 1.46. The lowest BCUT2D eigenvalue weighted by Gasteiger charge is -2.40. The summed E-state index contributed by atoms with van der Waals surface area (Å²) in [5, 5.41) is 0. The number of hydrogen-bond donors (Lipinski definition) is 0. The zero-order valence-corrected chi connectivity index (χ0v) is 15.6. The predicted molar refractivity (Wildman–Crippen MR) is 102 cm³/mol. The summed E-state index contributed by atoms with van der Waals surface area (Å²) in [5.41, 5.74) is 5.99. The van der Waals surface area contributed by atoms with E-state index in [0.29, 0.717) is 0 Å². The first-order chi connectivity index (χ1) is 12.6. The summed E-state index contributed by atoms with van der Waals surface area (Å²) in [5.74, 6) is 0.947. The van der Waals surface area contributed by atoms with Crippen molar-refractivity contribution in [3.63, 3.8) is 0 Å². The average molecular weight is 364 g/mol. The zero-order chi connectivity index (χ0) is 17.7. The number of benzene rings is 1. The van der Waals surface area contributed by atoms with Gasteiger partial charge >= 0.3 is 0 Å². The van der Waals surface area contributed by atoms with Crippen molar-refractivity contribution in [1.82, 2.24) is 19.9 Å². The molecule has 1 aliphatic carbocycles. The monoisotopic (exact) mass is 364 g/mol. The quantitative estimate of drug-likeness (QED) is 0.663. The van der Waals surface area contributed by atoms with Crippen molar-refractivity contribution in [3.8, 4) is 0 Å². The number of carbonyl (C=O) groups excluding carboxylic acids is 1. The van der Waals surface area contributed by atoms with Gasteiger partial charge in [0.2, 0.25) is 0 Å². The molecule has 1 saturated heterocycles. The number of nitrogens with zero attached hydrogens (tertiary/aromatic N) is 4. The van der Waals surface area contributed by atoms with Crippen LogP contribution in [0.2, 0.25) is 0 Å². The van der Waals surface area contributed by atoms with E-state index >= 15 is 0 Å². The number of carbonyl (C=O) groups is 1. The normalized spacial score (nSPS) is 22.1. The highest BCUT2D eigenvalue weighted by molar-refractivity contribution is 7.16. The number of fused-ring (bicyclic) bond motifs is 3. The highest BCUT2D eigenvalue weighted by Gasteiger charge is 2.44. The average Bonchev–Trinajstić information content (AvgIpc) is 3.26. The summed E-state index contributed by atoms with van der Waals surface area (Å²) >= 11 is 1.58. The minimum absolute atomic E-state index is 0.00549. The lowest BCUT2D eigenvalue weighted by atomic mass is 9.77. The van der Waals surface area contributed by atoms with Crippen LogP contribution in [0.15, 0.2) is 29.9 Å². The maximum Gasteiger partial charge on any atom is 0.253 e. The third kappa shape index (κ3) is 2.43. The third-order valence-corrected chi connectivity index (χ3v) is 6.59. The molecule has 132 valence electrons. The van der Waals surface area contributed by atoms with Gasteiger partial charge in [-0.2, -0.15) is 0 Å². The molecule has 3 heterocycles.